The Labute approximate surface area is 133 Å². The van der Waals surface area contributed by atoms with Crippen molar-refractivity contribution in [2.24, 2.45) is 0 Å². The van der Waals surface area contributed by atoms with Crippen LogP contribution >= 0.6 is 22.9 Å². The number of alkyl halides is 1. The van der Waals surface area contributed by atoms with E-state index in [2.05, 4.69) is 11.4 Å². The van der Waals surface area contributed by atoms with Crippen LogP contribution in [0.4, 0.5) is 0 Å². The topological polar surface area (TPSA) is 42.7 Å². The molecule has 0 spiro atoms. The van der Waals surface area contributed by atoms with Crippen LogP contribution in [0.1, 0.15) is 16.2 Å². The standard InChI is InChI=1S/C15H18ClNO3S/c1-19-10-12-7-14(21-11-12)9-17(15(18)8-16)5-4-13-3-2-6-20-13/h2-3,6-7,11H,4-5,8-10H2,1H3. The minimum atomic E-state index is -0.0649. The summed E-state index contributed by atoms with van der Waals surface area (Å²) >= 11 is 7.33. The predicted molar refractivity (Wildman–Crippen MR) is 83.6 cm³/mol. The number of methoxy groups -OCH3 is 1. The van der Waals surface area contributed by atoms with E-state index < -0.39 is 0 Å². The molecule has 0 bridgehead atoms. The summed E-state index contributed by atoms with van der Waals surface area (Å²) in [4.78, 5) is 14.8. The van der Waals surface area contributed by atoms with Crippen molar-refractivity contribution in [3.05, 3.63) is 46.0 Å². The number of halogens is 1. The van der Waals surface area contributed by atoms with Gasteiger partial charge in [-0.05, 0) is 29.1 Å². The van der Waals surface area contributed by atoms with Gasteiger partial charge in [0.1, 0.15) is 11.6 Å². The molecule has 0 aliphatic carbocycles. The fourth-order valence-corrected chi connectivity index (χ4v) is 3.07. The van der Waals surface area contributed by atoms with Crippen molar-refractivity contribution in [2.75, 3.05) is 19.5 Å². The summed E-state index contributed by atoms with van der Waals surface area (Å²) in [5, 5.41) is 2.05. The molecule has 6 heteroatoms. The number of furan rings is 1. The predicted octanol–water partition coefficient (Wildman–Crippen LogP) is 3.30. The van der Waals surface area contributed by atoms with Crippen LogP contribution in [0.5, 0.6) is 0 Å². The Morgan fingerprint density at radius 2 is 2.38 bits per heavy atom. The van der Waals surface area contributed by atoms with Gasteiger partial charge in [0.2, 0.25) is 5.91 Å². The van der Waals surface area contributed by atoms with Crippen molar-refractivity contribution in [3.63, 3.8) is 0 Å². The molecule has 0 saturated heterocycles. The smallest absolute Gasteiger partial charge is 0.237 e. The highest BCUT2D eigenvalue weighted by molar-refractivity contribution is 7.10. The third kappa shape index (κ3) is 4.88. The van der Waals surface area contributed by atoms with Crippen LogP contribution < -0.4 is 0 Å². The van der Waals surface area contributed by atoms with E-state index in [4.69, 9.17) is 20.8 Å². The van der Waals surface area contributed by atoms with Crippen LogP contribution in [0.2, 0.25) is 0 Å². The van der Waals surface area contributed by atoms with E-state index in [0.29, 0.717) is 26.1 Å². The van der Waals surface area contributed by atoms with E-state index in [1.165, 1.54) is 0 Å². The molecule has 0 aliphatic rings. The average molecular weight is 328 g/mol. The van der Waals surface area contributed by atoms with E-state index in [1.54, 1.807) is 29.6 Å². The third-order valence-corrected chi connectivity index (χ3v) is 4.24. The van der Waals surface area contributed by atoms with Gasteiger partial charge in [-0.3, -0.25) is 4.79 Å². The molecule has 1 amide bonds. The summed E-state index contributed by atoms with van der Waals surface area (Å²) in [6.07, 6.45) is 2.32. The Hall–Kier alpha value is -1.30. The highest BCUT2D eigenvalue weighted by atomic mass is 35.5. The Morgan fingerprint density at radius 1 is 1.52 bits per heavy atom. The van der Waals surface area contributed by atoms with Gasteiger partial charge in [-0.2, -0.15) is 0 Å². The largest absolute Gasteiger partial charge is 0.469 e. The summed E-state index contributed by atoms with van der Waals surface area (Å²) in [6.45, 7) is 1.75. The molecule has 0 saturated carbocycles. The number of rotatable bonds is 8. The zero-order chi connectivity index (χ0) is 15.1. The summed E-state index contributed by atoms with van der Waals surface area (Å²) < 4.78 is 10.4. The lowest BCUT2D eigenvalue weighted by Crippen LogP contribution is -2.33. The van der Waals surface area contributed by atoms with Crippen LogP contribution in [0.3, 0.4) is 0 Å². The molecule has 2 aromatic heterocycles. The number of hydrogen-bond acceptors (Lipinski definition) is 4. The second-order valence-electron chi connectivity index (χ2n) is 4.63. The normalized spacial score (nSPS) is 10.8. The molecule has 2 aromatic rings. The van der Waals surface area contributed by atoms with Gasteiger partial charge in [-0.25, -0.2) is 0 Å². The minimum absolute atomic E-state index is 0.00550. The Kier molecular flexibility index (Phi) is 6.29. The zero-order valence-corrected chi connectivity index (χ0v) is 13.5. The highest BCUT2D eigenvalue weighted by Crippen LogP contribution is 2.18. The Balaban J connectivity index is 1.96. The summed E-state index contributed by atoms with van der Waals surface area (Å²) in [6, 6.07) is 5.82. The summed E-state index contributed by atoms with van der Waals surface area (Å²) in [7, 11) is 1.67. The molecule has 114 valence electrons. The van der Waals surface area contributed by atoms with E-state index >= 15 is 0 Å². The molecule has 0 aliphatic heterocycles. The van der Waals surface area contributed by atoms with Gasteiger partial charge in [0, 0.05) is 25.0 Å². The number of carbonyl (C=O) groups excluding carboxylic acids is 1. The van der Waals surface area contributed by atoms with Crippen LogP contribution in [-0.4, -0.2) is 30.3 Å². The lowest BCUT2D eigenvalue weighted by atomic mass is 10.2. The highest BCUT2D eigenvalue weighted by Gasteiger charge is 2.14. The lowest BCUT2D eigenvalue weighted by molar-refractivity contribution is -0.129. The third-order valence-electron chi connectivity index (χ3n) is 3.04. The maximum Gasteiger partial charge on any atom is 0.237 e. The monoisotopic (exact) mass is 327 g/mol. The molecule has 0 N–H and O–H groups in total. The molecular formula is C15H18ClNO3S. The first-order valence-electron chi connectivity index (χ1n) is 6.64. The molecule has 2 rings (SSSR count). The molecule has 0 radical (unpaired) electrons. The van der Waals surface area contributed by atoms with Gasteiger partial charge < -0.3 is 14.1 Å². The molecule has 4 nitrogen and oxygen atoms in total. The van der Waals surface area contributed by atoms with E-state index in [-0.39, 0.29) is 11.8 Å². The first kappa shape index (κ1) is 16.1. The van der Waals surface area contributed by atoms with Crippen LogP contribution in [0, 0.1) is 0 Å². The molecule has 2 heterocycles. The van der Waals surface area contributed by atoms with Gasteiger partial charge in [0.05, 0.1) is 19.4 Å². The van der Waals surface area contributed by atoms with Crippen LogP contribution in [-0.2, 0) is 29.1 Å². The number of thiophene rings is 1. The summed E-state index contributed by atoms with van der Waals surface area (Å²) in [5.74, 6) is 0.799. The minimum Gasteiger partial charge on any atom is -0.469 e. The number of nitrogens with zero attached hydrogens (tertiary/aromatic N) is 1. The Morgan fingerprint density at radius 3 is 3.05 bits per heavy atom. The van der Waals surface area contributed by atoms with Crippen molar-refractivity contribution in [3.8, 4) is 0 Å². The van der Waals surface area contributed by atoms with Crippen molar-refractivity contribution in [1.82, 2.24) is 4.90 Å². The van der Waals surface area contributed by atoms with Crippen molar-refractivity contribution < 1.29 is 13.9 Å². The molecule has 21 heavy (non-hydrogen) atoms. The van der Waals surface area contributed by atoms with Gasteiger partial charge in [0.15, 0.2) is 0 Å². The van der Waals surface area contributed by atoms with Crippen molar-refractivity contribution in [2.45, 2.75) is 19.6 Å². The molecule has 0 atom stereocenters. The maximum absolute atomic E-state index is 12.0. The molecule has 0 fully saturated rings. The van der Waals surface area contributed by atoms with Gasteiger partial charge in [0.25, 0.3) is 0 Å². The molecule has 0 unspecified atom stereocenters. The van der Waals surface area contributed by atoms with E-state index in [0.717, 1.165) is 16.2 Å². The second-order valence-corrected chi connectivity index (χ2v) is 5.90. The lowest BCUT2D eigenvalue weighted by Gasteiger charge is -2.20. The Bertz CT molecular complexity index is 553. The van der Waals surface area contributed by atoms with Crippen LogP contribution in [0.25, 0.3) is 0 Å². The number of carbonyl (C=O) groups is 1. The summed E-state index contributed by atoms with van der Waals surface area (Å²) in [5.41, 5.74) is 1.13. The number of ether oxygens (including phenoxy) is 1. The number of hydrogen-bond donors (Lipinski definition) is 0. The fourth-order valence-electron chi connectivity index (χ4n) is 2.02. The van der Waals surface area contributed by atoms with Crippen molar-refractivity contribution in [1.29, 1.82) is 0 Å². The quantitative estimate of drug-likeness (QED) is 0.699. The van der Waals surface area contributed by atoms with Gasteiger partial charge in [-0.15, -0.1) is 22.9 Å². The average Bonchev–Trinajstić information content (AvgIpc) is 3.14. The molecular weight excluding hydrogens is 310 g/mol. The second kappa shape index (κ2) is 8.22. The first-order valence-corrected chi connectivity index (χ1v) is 8.05. The maximum atomic E-state index is 12.0. The van der Waals surface area contributed by atoms with Crippen molar-refractivity contribution >= 4 is 28.8 Å². The SMILES string of the molecule is COCc1csc(CN(CCc2ccco2)C(=O)CCl)c1. The zero-order valence-electron chi connectivity index (χ0n) is 11.9. The van der Waals surface area contributed by atoms with E-state index in [9.17, 15) is 4.79 Å². The molecule has 0 aromatic carbocycles. The van der Waals surface area contributed by atoms with Crippen LogP contribution in [0.15, 0.2) is 34.3 Å². The fraction of sp³-hybridized carbons (Fsp3) is 0.400. The number of amides is 1. The van der Waals surface area contributed by atoms with E-state index in [1.807, 2.05) is 12.1 Å². The first-order chi connectivity index (χ1) is 10.2. The van der Waals surface area contributed by atoms with Gasteiger partial charge in [-0.1, -0.05) is 0 Å². The van der Waals surface area contributed by atoms with Gasteiger partial charge >= 0.3 is 0 Å².